The van der Waals surface area contributed by atoms with Crippen LogP contribution in [0, 0.1) is 0 Å². The van der Waals surface area contributed by atoms with Crippen LogP contribution < -0.4 is 14.2 Å². The van der Waals surface area contributed by atoms with Gasteiger partial charge in [0.15, 0.2) is 0 Å². The summed E-state index contributed by atoms with van der Waals surface area (Å²) in [7, 11) is 3.40. The van der Waals surface area contributed by atoms with Gasteiger partial charge in [-0.25, -0.2) is 0 Å². The fraction of sp³-hybridized carbons (Fsp3) is 0.333. The van der Waals surface area contributed by atoms with Gasteiger partial charge in [-0.1, -0.05) is 43.3 Å². The van der Waals surface area contributed by atoms with E-state index in [4.69, 9.17) is 14.2 Å². The zero-order chi connectivity index (χ0) is 23.8. The second-order valence-corrected chi connectivity index (χ2v) is 8.59. The summed E-state index contributed by atoms with van der Waals surface area (Å²) in [6, 6.07) is 25.1. The van der Waals surface area contributed by atoms with Crippen molar-refractivity contribution in [1.29, 1.82) is 0 Å². The topological polar surface area (TPSA) is 30.9 Å². The SMILES string of the molecule is CC/C(=C(/c1ccc(OC)cc1)c1ccc(OCCN2CCCC2)cc1)c1ccc(OC)cc1. The third-order valence-electron chi connectivity index (χ3n) is 6.49. The predicted molar refractivity (Wildman–Crippen MR) is 140 cm³/mol. The van der Waals surface area contributed by atoms with Gasteiger partial charge in [0.05, 0.1) is 14.2 Å². The van der Waals surface area contributed by atoms with Crippen molar-refractivity contribution in [3.8, 4) is 17.2 Å². The third-order valence-corrected chi connectivity index (χ3v) is 6.49. The number of methoxy groups -OCH3 is 2. The van der Waals surface area contributed by atoms with Crippen LogP contribution in [0.2, 0.25) is 0 Å². The first-order chi connectivity index (χ1) is 16.7. The standard InChI is InChI=1S/C30H35NO3/c1-4-29(23-7-13-26(32-2)14-8-23)30(24-9-15-27(33-3)16-10-24)25-11-17-28(18-12-25)34-22-21-31-19-5-6-20-31/h7-18H,4-6,19-22H2,1-3H3/b30-29+. The summed E-state index contributed by atoms with van der Waals surface area (Å²) in [6.45, 7) is 6.33. The molecule has 0 aliphatic carbocycles. The summed E-state index contributed by atoms with van der Waals surface area (Å²) >= 11 is 0. The molecule has 3 aromatic rings. The molecule has 4 heteroatoms. The minimum absolute atomic E-state index is 0.729. The fourth-order valence-corrected chi connectivity index (χ4v) is 4.61. The van der Waals surface area contributed by atoms with Gasteiger partial charge in [-0.05, 0) is 96.6 Å². The van der Waals surface area contributed by atoms with Crippen LogP contribution in [0.4, 0.5) is 0 Å². The van der Waals surface area contributed by atoms with E-state index in [-0.39, 0.29) is 0 Å². The van der Waals surface area contributed by atoms with Gasteiger partial charge in [0.1, 0.15) is 23.9 Å². The van der Waals surface area contributed by atoms with Gasteiger partial charge in [-0.2, -0.15) is 0 Å². The van der Waals surface area contributed by atoms with E-state index in [1.54, 1.807) is 14.2 Å². The van der Waals surface area contributed by atoms with Crippen LogP contribution in [-0.4, -0.2) is 45.4 Å². The van der Waals surface area contributed by atoms with E-state index in [0.717, 1.165) is 42.4 Å². The molecule has 1 fully saturated rings. The average Bonchev–Trinajstić information content (AvgIpc) is 3.42. The maximum absolute atomic E-state index is 6.05. The summed E-state index contributed by atoms with van der Waals surface area (Å²) in [5, 5.41) is 0. The van der Waals surface area contributed by atoms with Gasteiger partial charge in [0.2, 0.25) is 0 Å². The van der Waals surface area contributed by atoms with E-state index < -0.39 is 0 Å². The normalized spacial score (nSPS) is 14.6. The Bertz CT molecular complexity index is 1060. The van der Waals surface area contributed by atoms with Crippen LogP contribution in [0.3, 0.4) is 0 Å². The zero-order valence-corrected chi connectivity index (χ0v) is 20.5. The second-order valence-electron chi connectivity index (χ2n) is 8.59. The van der Waals surface area contributed by atoms with Crippen molar-refractivity contribution in [2.45, 2.75) is 26.2 Å². The molecule has 0 unspecified atom stereocenters. The van der Waals surface area contributed by atoms with Gasteiger partial charge >= 0.3 is 0 Å². The largest absolute Gasteiger partial charge is 0.497 e. The Labute approximate surface area is 203 Å². The number of benzene rings is 3. The molecular weight excluding hydrogens is 422 g/mol. The highest BCUT2D eigenvalue weighted by Crippen LogP contribution is 2.36. The molecule has 1 heterocycles. The van der Waals surface area contributed by atoms with Crippen molar-refractivity contribution in [2.24, 2.45) is 0 Å². The molecule has 1 saturated heterocycles. The number of allylic oxidation sites excluding steroid dienone is 1. The lowest BCUT2D eigenvalue weighted by Crippen LogP contribution is -2.25. The Balaban J connectivity index is 1.64. The monoisotopic (exact) mass is 457 g/mol. The summed E-state index contributed by atoms with van der Waals surface area (Å²) in [5.41, 5.74) is 6.04. The number of likely N-dealkylation sites (tertiary alicyclic amines) is 1. The highest BCUT2D eigenvalue weighted by molar-refractivity contribution is 5.98. The lowest BCUT2D eigenvalue weighted by molar-refractivity contribution is 0.238. The molecule has 34 heavy (non-hydrogen) atoms. The van der Waals surface area contributed by atoms with Crippen molar-refractivity contribution in [3.63, 3.8) is 0 Å². The Morgan fingerprint density at radius 2 is 1.15 bits per heavy atom. The minimum Gasteiger partial charge on any atom is -0.497 e. The first-order valence-electron chi connectivity index (χ1n) is 12.2. The van der Waals surface area contributed by atoms with Crippen LogP contribution in [-0.2, 0) is 0 Å². The first kappa shape index (κ1) is 23.9. The molecule has 1 aliphatic rings. The van der Waals surface area contributed by atoms with E-state index in [2.05, 4.69) is 60.4 Å². The highest BCUT2D eigenvalue weighted by Gasteiger charge is 2.14. The minimum atomic E-state index is 0.729. The molecule has 0 atom stereocenters. The molecule has 4 rings (SSSR count). The van der Waals surface area contributed by atoms with Crippen LogP contribution in [0.5, 0.6) is 17.2 Å². The van der Waals surface area contributed by atoms with Crippen molar-refractivity contribution in [3.05, 3.63) is 89.5 Å². The van der Waals surface area contributed by atoms with E-state index in [1.807, 2.05) is 24.3 Å². The van der Waals surface area contributed by atoms with E-state index in [9.17, 15) is 0 Å². The van der Waals surface area contributed by atoms with Crippen molar-refractivity contribution >= 4 is 11.1 Å². The molecule has 0 spiro atoms. The molecule has 0 N–H and O–H groups in total. The van der Waals surface area contributed by atoms with Crippen molar-refractivity contribution in [2.75, 3.05) is 40.5 Å². The van der Waals surface area contributed by atoms with Crippen LogP contribution in [0.25, 0.3) is 11.1 Å². The van der Waals surface area contributed by atoms with E-state index in [1.165, 1.54) is 48.2 Å². The zero-order valence-electron chi connectivity index (χ0n) is 20.5. The molecule has 1 aliphatic heterocycles. The molecule has 4 nitrogen and oxygen atoms in total. The second kappa shape index (κ2) is 11.8. The highest BCUT2D eigenvalue weighted by atomic mass is 16.5. The van der Waals surface area contributed by atoms with Crippen LogP contribution >= 0.6 is 0 Å². The summed E-state index contributed by atoms with van der Waals surface area (Å²) < 4.78 is 16.8. The van der Waals surface area contributed by atoms with Crippen LogP contribution in [0.15, 0.2) is 72.8 Å². The van der Waals surface area contributed by atoms with E-state index in [0.29, 0.717) is 0 Å². The smallest absolute Gasteiger partial charge is 0.119 e. The van der Waals surface area contributed by atoms with Gasteiger partial charge in [-0.15, -0.1) is 0 Å². The molecule has 0 bridgehead atoms. The lowest BCUT2D eigenvalue weighted by atomic mass is 9.88. The molecular formula is C30H35NO3. The van der Waals surface area contributed by atoms with Gasteiger partial charge < -0.3 is 14.2 Å². The Hall–Kier alpha value is -3.24. The Morgan fingerprint density at radius 3 is 1.62 bits per heavy atom. The molecule has 3 aromatic carbocycles. The lowest BCUT2D eigenvalue weighted by Gasteiger charge is -2.18. The molecule has 178 valence electrons. The summed E-state index contributed by atoms with van der Waals surface area (Å²) in [5.74, 6) is 2.63. The predicted octanol–water partition coefficient (Wildman–Crippen LogP) is 6.55. The Morgan fingerprint density at radius 1 is 0.676 bits per heavy atom. The summed E-state index contributed by atoms with van der Waals surface area (Å²) in [4.78, 5) is 2.47. The Kier molecular flexibility index (Phi) is 8.26. The van der Waals surface area contributed by atoms with Gasteiger partial charge in [0, 0.05) is 6.54 Å². The maximum atomic E-state index is 6.05. The molecule has 0 radical (unpaired) electrons. The maximum Gasteiger partial charge on any atom is 0.119 e. The quantitative estimate of drug-likeness (QED) is 0.323. The van der Waals surface area contributed by atoms with Crippen LogP contribution in [0.1, 0.15) is 42.9 Å². The van der Waals surface area contributed by atoms with E-state index >= 15 is 0 Å². The number of ether oxygens (including phenoxy) is 3. The van der Waals surface area contributed by atoms with Gasteiger partial charge in [-0.3, -0.25) is 4.90 Å². The average molecular weight is 458 g/mol. The summed E-state index contributed by atoms with van der Waals surface area (Å²) in [6.07, 6.45) is 3.52. The molecule has 0 aromatic heterocycles. The van der Waals surface area contributed by atoms with Crippen molar-refractivity contribution < 1.29 is 14.2 Å². The van der Waals surface area contributed by atoms with Crippen molar-refractivity contribution in [1.82, 2.24) is 4.90 Å². The number of rotatable bonds is 10. The molecule has 0 amide bonds. The van der Waals surface area contributed by atoms with Gasteiger partial charge in [0.25, 0.3) is 0 Å². The molecule has 0 saturated carbocycles. The third kappa shape index (κ3) is 5.81. The fourth-order valence-electron chi connectivity index (χ4n) is 4.61. The number of hydrogen-bond acceptors (Lipinski definition) is 4. The number of nitrogens with zero attached hydrogens (tertiary/aromatic N) is 1. The first-order valence-corrected chi connectivity index (χ1v) is 12.2. The number of hydrogen-bond donors (Lipinski definition) is 0.